The van der Waals surface area contributed by atoms with Crippen molar-refractivity contribution in [3.63, 3.8) is 0 Å². The van der Waals surface area contributed by atoms with E-state index in [1.165, 1.54) is 5.56 Å². The first kappa shape index (κ1) is 18.0. The molecule has 0 saturated carbocycles. The van der Waals surface area contributed by atoms with E-state index >= 15 is 0 Å². The maximum absolute atomic E-state index is 5.64. The van der Waals surface area contributed by atoms with Crippen LogP contribution in [0.2, 0.25) is 0 Å². The lowest BCUT2D eigenvalue weighted by Crippen LogP contribution is -2.12. The Balaban J connectivity index is 0.00000324. The summed E-state index contributed by atoms with van der Waals surface area (Å²) in [6, 6.07) is 8.35. The summed E-state index contributed by atoms with van der Waals surface area (Å²) in [5.74, 6) is 0.927. The first-order valence-electron chi connectivity index (χ1n) is 6.63. The first-order valence-corrected chi connectivity index (χ1v) is 6.63. The molecule has 1 rings (SSSR count). The third kappa shape index (κ3) is 7.24. The molecule has 2 nitrogen and oxygen atoms in total. The summed E-state index contributed by atoms with van der Waals surface area (Å²) in [4.78, 5) is 0. The fourth-order valence-electron chi connectivity index (χ4n) is 1.57. The predicted octanol–water partition coefficient (Wildman–Crippen LogP) is 3.95. The molecule has 1 N–H and O–H groups in total. The zero-order valence-electron chi connectivity index (χ0n) is 12.4. The second kappa shape index (κ2) is 9.00. The fraction of sp³-hybridized carbons (Fsp3) is 0.500. The molecule has 0 unspecified atom stereocenters. The van der Waals surface area contributed by atoms with E-state index in [2.05, 4.69) is 51.2 Å². The number of benzene rings is 1. The van der Waals surface area contributed by atoms with Crippen LogP contribution in [0.5, 0.6) is 5.75 Å². The third-order valence-corrected chi connectivity index (χ3v) is 2.75. The lowest BCUT2D eigenvalue weighted by atomic mass is 9.87. The lowest BCUT2D eigenvalue weighted by molar-refractivity contribution is 0.362. The SMILES string of the molecule is CCNC/C=C/COc1ccc(C(C)(C)C)cc1.Cl. The normalized spacial score (nSPS) is 11.4. The van der Waals surface area contributed by atoms with E-state index in [0.29, 0.717) is 6.61 Å². The van der Waals surface area contributed by atoms with Gasteiger partial charge in [0.15, 0.2) is 0 Å². The van der Waals surface area contributed by atoms with Gasteiger partial charge in [-0.2, -0.15) is 0 Å². The average molecular weight is 284 g/mol. The number of nitrogens with one attached hydrogen (secondary N) is 1. The molecule has 0 aliphatic rings. The average Bonchev–Trinajstić information content (AvgIpc) is 2.33. The molecule has 0 fully saturated rings. The highest BCUT2D eigenvalue weighted by molar-refractivity contribution is 5.85. The van der Waals surface area contributed by atoms with Crippen molar-refractivity contribution in [2.45, 2.75) is 33.1 Å². The zero-order chi connectivity index (χ0) is 13.4. The van der Waals surface area contributed by atoms with Crippen molar-refractivity contribution in [3.05, 3.63) is 42.0 Å². The van der Waals surface area contributed by atoms with Crippen molar-refractivity contribution in [2.24, 2.45) is 0 Å². The molecule has 0 aromatic heterocycles. The van der Waals surface area contributed by atoms with Gasteiger partial charge in [-0.15, -0.1) is 12.4 Å². The molecule has 0 aliphatic carbocycles. The Morgan fingerprint density at radius 3 is 2.26 bits per heavy atom. The van der Waals surface area contributed by atoms with Gasteiger partial charge in [-0.3, -0.25) is 0 Å². The highest BCUT2D eigenvalue weighted by atomic mass is 35.5. The Morgan fingerprint density at radius 1 is 1.11 bits per heavy atom. The second-order valence-corrected chi connectivity index (χ2v) is 5.36. The molecule has 0 amide bonds. The molecule has 0 bridgehead atoms. The van der Waals surface area contributed by atoms with Gasteiger partial charge in [-0.1, -0.05) is 52.0 Å². The number of rotatable bonds is 6. The van der Waals surface area contributed by atoms with Crippen molar-refractivity contribution < 1.29 is 4.74 Å². The fourth-order valence-corrected chi connectivity index (χ4v) is 1.57. The van der Waals surface area contributed by atoms with Gasteiger partial charge in [0.2, 0.25) is 0 Å². The van der Waals surface area contributed by atoms with E-state index in [-0.39, 0.29) is 17.8 Å². The van der Waals surface area contributed by atoms with Gasteiger partial charge >= 0.3 is 0 Å². The molecule has 19 heavy (non-hydrogen) atoms. The van der Waals surface area contributed by atoms with Crippen LogP contribution < -0.4 is 10.1 Å². The molecular formula is C16H26ClNO. The van der Waals surface area contributed by atoms with E-state index in [0.717, 1.165) is 18.8 Å². The van der Waals surface area contributed by atoms with Crippen LogP contribution in [-0.4, -0.2) is 19.7 Å². The van der Waals surface area contributed by atoms with Crippen molar-refractivity contribution in [3.8, 4) is 5.75 Å². The standard InChI is InChI=1S/C16H25NO.ClH/c1-5-17-12-6-7-13-18-15-10-8-14(9-11-15)16(2,3)4;/h6-11,17H,5,12-13H2,1-4H3;1H/b7-6+;. The zero-order valence-corrected chi connectivity index (χ0v) is 13.2. The Kier molecular flexibility index (Phi) is 8.53. The van der Waals surface area contributed by atoms with Crippen molar-refractivity contribution >= 4 is 12.4 Å². The minimum Gasteiger partial charge on any atom is -0.490 e. The number of hydrogen-bond donors (Lipinski definition) is 1. The van der Waals surface area contributed by atoms with Gasteiger partial charge in [0.25, 0.3) is 0 Å². The lowest BCUT2D eigenvalue weighted by Gasteiger charge is -2.19. The molecule has 0 radical (unpaired) electrons. The monoisotopic (exact) mass is 283 g/mol. The third-order valence-electron chi connectivity index (χ3n) is 2.75. The molecule has 0 saturated heterocycles. The number of likely N-dealkylation sites (N-methyl/N-ethyl adjacent to an activating group) is 1. The molecular weight excluding hydrogens is 258 g/mol. The highest BCUT2D eigenvalue weighted by Gasteiger charge is 2.12. The van der Waals surface area contributed by atoms with Crippen LogP contribution in [-0.2, 0) is 5.41 Å². The number of halogens is 1. The summed E-state index contributed by atoms with van der Waals surface area (Å²) in [6.07, 6.45) is 4.13. The van der Waals surface area contributed by atoms with Gasteiger partial charge < -0.3 is 10.1 Å². The van der Waals surface area contributed by atoms with E-state index in [9.17, 15) is 0 Å². The van der Waals surface area contributed by atoms with Gasteiger partial charge in [0.05, 0.1) is 0 Å². The molecule has 108 valence electrons. The largest absolute Gasteiger partial charge is 0.490 e. The maximum Gasteiger partial charge on any atom is 0.119 e. The van der Waals surface area contributed by atoms with Crippen LogP contribution in [0.25, 0.3) is 0 Å². The topological polar surface area (TPSA) is 21.3 Å². The van der Waals surface area contributed by atoms with Gasteiger partial charge in [0, 0.05) is 6.54 Å². The van der Waals surface area contributed by atoms with Gasteiger partial charge in [0.1, 0.15) is 12.4 Å². The molecule has 0 heterocycles. The number of hydrogen-bond acceptors (Lipinski definition) is 2. The van der Waals surface area contributed by atoms with E-state index in [1.54, 1.807) is 0 Å². The molecule has 3 heteroatoms. The Hall–Kier alpha value is -0.990. The Bertz CT molecular complexity index is 365. The second-order valence-electron chi connectivity index (χ2n) is 5.36. The summed E-state index contributed by atoms with van der Waals surface area (Å²) in [6.45, 7) is 11.3. The molecule has 0 spiro atoms. The van der Waals surface area contributed by atoms with E-state index < -0.39 is 0 Å². The Labute approximate surface area is 123 Å². The summed E-state index contributed by atoms with van der Waals surface area (Å²) in [5, 5.41) is 3.23. The number of ether oxygens (including phenoxy) is 1. The molecule has 0 aliphatic heterocycles. The van der Waals surface area contributed by atoms with Crippen LogP contribution in [0.15, 0.2) is 36.4 Å². The smallest absolute Gasteiger partial charge is 0.119 e. The van der Waals surface area contributed by atoms with Crippen LogP contribution in [0.3, 0.4) is 0 Å². The quantitative estimate of drug-likeness (QED) is 0.630. The summed E-state index contributed by atoms with van der Waals surface area (Å²) >= 11 is 0. The van der Waals surface area contributed by atoms with Crippen molar-refractivity contribution in [2.75, 3.05) is 19.7 Å². The van der Waals surface area contributed by atoms with Crippen LogP contribution in [0, 0.1) is 0 Å². The van der Waals surface area contributed by atoms with Crippen LogP contribution in [0.4, 0.5) is 0 Å². The summed E-state index contributed by atoms with van der Waals surface area (Å²) in [7, 11) is 0. The van der Waals surface area contributed by atoms with Crippen LogP contribution >= 0.6 is 12.4 Å². The molecule has 1 aromatic carbocycles. The predicted molar refractivity (Wildman–Crippen MR) is 85.6 cm³/mol. The van der Waals surface area contributed by atoms with Gasteiger partial charge in [-0.25, -0.2) is 0 Å². The minimum absolute atomic E-state index is 0. The van der Waals surface area contributed by atoms with E-state index in [1.807, 2.05) is 18.2 Å². The summed E-state index contributed by atoms with van der Waals surface area (Å²) in [5.41, 5.74) is 1.53. The summed E-state index contributed by atoms with van der Waals surface area (Å²) < 4.78 is 5.64. The Morgan fingerprint density at radius 2 is 1.74 bits per heavy atom. The highest BCUT2D eigenvalue weighted by Crippen LogP contribution is 2.24. The van der Waals surface area contributed by atoms with Crippen molar-refractivity contribution in [1.82, 2.24) is 5.32 Å². The molecule has 0 atom stereocenters. The minimum atomic E-state index is 0. The van der Waals surface area contributed by atoms with E-state index in [4.69, 9.17) is 4.74 Å². The first-order chi connectivity index (χ1) is 8.54. The van der Waals surface area contributed by atoms with Crippen molar-refractivity contribution in [1.29, 1.82) is 0 Å². The van der Waals surface area contributed by atoms with Crippen LogP contribution in [0.1, 0.15) is 33.3 Å². The van der Waals surface area contributed by atoms with Gasteiger partial charge in [-0.05, 0) is 29.7 Å². The molecule has 1 aromatic rings. The maximum atomic E-state index is 5.64.